The van der Waals surface area contributed by atoms with Gasteiger partial charge >= 0.3 is 6.18 Å². The van der Waals surface area contributed by atoms with E-state index in [9.17, 15) is 18.0 Å². The Balaban J connectivity index is 1.61. The Kier molecular flexibility index (Phi) is 5.64. The van der Waals surface area contributed by atoms with Crippen molar-refractivity contribution in [2.45, 2.75) is 24.9 Å². The molecule has 2 heterocycles. The van der Waals surface area contributed by atoms with Crippen molar-refractivity contribution in [3.05, 3.63) is 88.9 Å². The Bertz CT molecular complexity index is 1320. The fourth-order valence-electron chi connectivity index (χ4n) is 4.69. The lowest BCUT2D eigenvalue weighted by Gasteiger charge is -2.56. The van der Waals surface area contributed by atoms with Gasteiger partial charge in [-0.05, 0) is 67.7 Å². The molecule has 2 bridgehead atoms. The van der Waals surface area contributed by atoms with E-state index in [1.165, 1.54) is 17.0 Å². The third-order valence-corrected chi connectivity index (χ3v) is 6.79. The lowest BCUT2D eigenvalue weighted by Crippen LogP contribution is -2.72. The van der Waals surface area contributed by atoms with Crippen molar-refractivity contribution in [3.8, 4) is 5.75 Å². The van der Waals surface area contributed by atoms with Crippen LogP contribution >= 0.6 is 23.8 Å². The summed E-state index contributed by atoms with van der Waals surface area (Å²) in [5.41, 5.74) is -0.855. The van der Waals surface area contributed by atoms with Crippen molar-refractivity contribution in [2.75, 3.05) is 10.2 Å². The van der Waals surface area contributed by atoms with Gasteiger partial charge in [-0.15, -0.1) is 0 Å². The summed E-state index contributed by atoms with van der Waals surface area (Å²) in [5, 5.41) is 6.73. The lowest BCUT2D eigenvalue weighted by molar-refractivity contribution is -0.137. The van der Waals surface area contributed by atoms with Crippen molar-refractivity contribution >= 4 is 46.2 Å². The molecule has 10 heteroatoms. The molecule has 5 nitrogen and oxygen atoms in total. The van der Waals surface area contributed by atoms with Gasteiger partial charge in [0.15, 0.2) is 10.8 Å². The number of rotatable bonds is 3. The molecule has 0 radical (unpaired) electrons. The molecule has 1 fully saturated rings. The van der Waals surface area contributed by atoms with Crippen LogP contribution in [-0.2, 0) is 11.0 Å². The minimum atomic E-state index is -4.55. The van der Waals surface area contributed by atoms with Gasteiger partial charge in [-0.1, -0.05) is 35.9 Å². The van der Waals surface area contributed by atoms with Crippen LogP contribution in [0.5, 0.6) is 5.75 Å². The van der Waals surface area contributed by atoms with E-state index in [4.69, 9.17) is 28.6 Å². The van der Waals surface area contributed by atoms with Gasteiger partial charge in [0.25, 0.3) is 0 Å². The molecule has 3 aromatic carbocycles. The number of carbonyl (C=O) groups excluding carboxylic acids is 1. The molecule has 0 saturated carbocycles. The summed E-state index contributed by atoms with van der Waals surface area (Å²) in [7, 11) is 0. The number of thiocarbonyl (C=S) groups is 1. The van der Waals surface area contributed by atoms with Crippen LogP contribution in [-0.4, -0.2) is 16.7 Å². The molecule has 2 N–H and O–H groups in total. The molecule has 0 aromatic heterocycles. The summed E-state index contributed by atoms with van der Waals surface area (Å²) in [6.45, 7) is 1.66. The number of carbonyl (C=O) groups is 1. The maximum absolute atomic E-state index is 13.7. The number of anilines is 2. The smallest absolute Gasteiger partial charge is 0.416 e. The van der Waals surface area contributed by atoms with Crippen LogP contribution in [0.4, 0.5) is 24.5 Å². The summed E-state index contributed by atoms with van der Waals surface area (Å²) < 4.78 is 46.8. The molecule has 0 spiro atoms. The van der Waals surface area contributed by atoms with E-state index in [-0.39, 0.29) is 16.7 Å². The zero-order chi connectivity index (χ0) is 25.0. The fourth-order valence-corrected chi connectivity index (χ4v) is 5.23. The summed E-state index contributed by atoms with van der Waals surface area (Å²) >= 11 is 11.5. The molecule has 0 unspecified atom stereocenters. The zero-order valence-corrected chi connectivity index (χ0v) is 19.8. The molecule has 2 aliphatic rings. The molecule has 1 amide bonds. The number of fused-ring (bicyclic) bond motifs is 4. The normalized spacial score (nSPS) is 23.1. The second-order valence-corrected chi connectivity index (χ2v) is 9.30. The average molecular weight is 518 g/mol. The second-order valence-electron chi connectivity index (χ2n) is 8.48. The Hall–Kier alpha value is -3.30. The predicted molar refractivity (Wildman–Crippen MR) is 131 cm³/mol. The van der Waals surface area contributed by atoms with Gasteiger partial charge in [-0.2, -0.15) is 13.2 Å². The van der Waals surface area contributed by atoms with Crippen molar-refractivity contribution in [3.63, 3.8) is 0 Å². The number of nitrogens with zero attached hydrogens (tertiary/aromatic N) is 1. The van der Waals surface area contributed by atoms with Gasteiger partial charge < -0.3 is 15.4 Å². The molecule has 180 valence electrons. The van der Waals surface area contributed by atoms with E-state index in [2.05, 4.69) is 10.6 Å². The quantitative estimate of drug-likeness (QED) is 0.408. The Morgan fingerprint density at radius 1 is 1.11 bits per heavy atom. The van der Waals surface area contributed by atoms with E-state index in [1.807, 2.05) is 12.1 Å². The van der Waals surface area contributed by atoms with Crippen molar-refractivity contribution in [1.82, 2.24) is 5.32 Å². The summed E-state index contributed by atoms with van der Waals surface area (Å²) in [5.74, 6) is -0.752. The summed E-state index contributed by atoms with van der Waals surface area (Å²) in [6.07, 6.45) is -4.55. The first kappa shape index (κ1) is 23.4. The van der Waals surface area contributed by atoms with Gasteiger partial charge in [-0.3, -0.25) is 9.69 Å². The topological polar surface area (TPSA) is 53.6 Å². The van der Waals surface area contributed by atoms with Crippen LogP contribution in [0.15, 0.2) is 72.8 Å². The lowest BCUT2D eigenvalue weighted by atomic mass is 9.78. The SMILES string of the molecule is C[C@@]12Oc3ccccc3[C@@H](NC(=S)N1c1cccc(C(F)(F)F)c1)[C@H]2C(=O)Nc1ccc(Cl)cc1. The van der Waals surface area contributed by atoms with Gasteiger partial charge in [0.1, 0.15) is 11.7 Å². The van der Waals surface area contributed by atoms with E-state index in [0.717, 1.165) is 17.7 Å². The third kappa shape index (κ3) is 4.08. The molecule has 3 aromatic rings. The summed E-state index contributed by atoms with van der Waals surface area (Å²) in [4.78, 5) is 15.1. The van der Waals surface area contributed by atoms with Gasteiger partial charge in [0, 0.05) is 22.0 Å². The van der Waals surface area contributed by atoms with Crippen LogP contribution in [0.25, 0.3) is 0 Å². The van der Waals surface area contributed by atoms with Crippen LogP contribution in [0.1, 0.15) is 24.1 Å². The van der Waals surface area contributed by atoms with E-state index < -0.39 is 29.4 Å². The molecule has 35 heavy (non-hydrogen) atoms. The highest BCUT2D eigenvalue weighted by atomic mass is 35.5. The molecule has 3 atom stereocenters. The minimum Gasteiger partial charge on any atom is -0.467 e. The average Bonchev–Trinajstić information content (AvgIpc) is 2.79. The van der Waals surface area contributed by atoms with Crippen molar-refractivity contribution in [2.24, 2.45) is 5.92 Å². The summed E-state index contributed by atoms with van der Waals surface area (Å²) in [6, 6.07) is 18.1. The fraction of sp³-hybridized carbons (Fsp3) is 0.200. The first-order valence-corrected chi connectivity index (χ1v) is 11.5. The number of amides is 1. The van der Waals surface area contributed by atoms with E-state index in [1.54, 1.807) is 43.3 Å². The molecule has 1 saturated heterocycles. The molecular formula is C25H19ClF3N3O2S. The van der Waals surface area contributed by atoms with Gasteiger partial charge in [0.2, 0.25) is 5.91 Å². The van der Waals surface area contributed by atoms with Crippen LogP contribution in [0, 0.1) is 5.92 Å². The van der Waals surface area contributed by atoms with E-state index >= 15 is 0 Å². The number of halogens is 4. The van der Waals surface area contributed by atoms with Crippen molar-refractivity contribution < 1.29 is 22.7 Å². The highest BCUT2D eigenvalue weighted by Gasteiger charge is 2.59. The van der Waals surface area contributed by atoms with Crippen molar-refractivity contribution in [1.29, 1.82) is 0 Å². The molecule has 2 aliphatic heterocycles. The first-order chi connectivity index (χ1) is 16.6. The number of nitrogens with one attached hydrogen (secondary N) is 2. The number of benzene rings is 3. The maximum Gasteiger partial charge on any atom is 0.416 e. The minimum absolute atomic E-state index is 0.155. The first-order valence-electron chi connectivity index (χ1n) is 10.7. The standard InChI is InChI=1S/C25H19ClF3N3O2S/c1-24-20(22(33)30-16-11-9-15(26)10-12-16)21(18-7-2-3-8-19(18)34-24)31-23(35)32(24)17-6-4-5-14(13-17)25(27,28)29/h2-13,20-21H,1H3,(H,30,33)(H,31,35)/t20-,21+,24-/m0/s1. The largest absolute Gasteiger partial charge is 0.467 e. The zero-order valence-electron chi connectivity index (χ0n) is 18.3. The molecular weight excluding hydrogens is 499 g/mol. The number of hydrogen-bond donors (Lipinski definition) is 2. The Morgan fingerprint density at radius 3 is 2.54 bits per heavy atom. The number of hydrogen-bond acceptors (Lipinski definition) is 3. The Labute approximate surface area is 209 Å². The monoisotopic (exact) mass is 517 g/mol. The number of para-hydroxylation sites is 1. The third-order valence-electron chi connectivity index (χ3n) is 6.23. The van der Waals surface area contributed by atoms with E-state index in [0.29, 0.717) is 16.5 Å². The maximum atomic E-state index is 13.7. The number of ether oxygens (including phenoxy) is 1. The predicted octanol–water partition coefficient (Wildman–Crippen LogP) is 6.16. The Morgan fingerprint density at radius 2 is 1.83 bits per heavy atom. The molecule has 0 aliphatic carbocycles. The van der Waals surface area contributed by atoms with Crippen LogP contribution < -0.4 is 20.3 Å². The number of alkyl halides is 3. The van der Waals surface area contributed by atoms with Crippen LogP contribution in [0.2, 0.25) is 5.02 Å². The van der Waals surface area contributed by atoms with Crippen LogP contribution in [0.3, 0.4) is 0 Å². The molecule has 5 rings (SSSR count). The second kappa shape index (κ2) is 8.42. The van der Waals surface area contributed by atoms with Gasteiger partial charge in [0.05, 0.1) is 11.6 Å². The highest BCUT2D eigenvalue weighted by Crippen LogP contribution is 2.50. The van der Waals surface area contributed by atoms with Gasteiger partial charge in [-0.25, -0.2) is 0 Å². The highest BCUT2D eigenvalue weighted by molar-refractivity contribution is 7.80.